The minimum absolute atomic E-state index is 0.0308. The molecule has 12 nitrogen and oxygen atoms in total. The van der Waals surface area contributed by atoms with E-state index in [-0.39, 0.29) is 23.7 Å². The number of H-pyrrole nitrogens is 1. The van der Waals surface area contributed by atoms with Crippen LogP contribution in [-0.2, 0) is 30.3 Å². The Balaban J connectivity index is 2.35. The van der Waals surface area contributed by atoms with Crippen LogP contribution < -0.4 is 11.1 Å². The zero-order valence-electron chi connectivity index (χ0n) is 22.2. The van der Waals surface area contributed by atoms with E-state index in [4.69, 9.17) is 10.5 Å². The molecule has 0 radical (unpaired) electrons. The number of amides is 3. The SMILES string of the molecule is CC(C)C[C@H](NC(=O)[C@@H](N)Cc1c[nH]c2ccccc12)C(=O)N(C(=O)OC(C)(C)C)[C@@H](CC(=O)O)C(=O)O. The highest BCUT2D eigenvalue weighted by Crippen LogP contribution is 2.20. The number of ether oxygens (including phenoxy) is 1. The van der Waals surface area contributed by atoms with Gasteiger partial charge in [-0.2, -0.15) is 0 Å². The summed E-state index contributed by atoms with van der Waals surface area (Å²) in [6.45, 7) is 8.07. The maximum atomic E-state index is 13.6. The Morgan fingerprint density at radius 1 is 1.11 bits per heavy atom. The predicted molar refractivity (Wildman–Crippen MR) is 138 cm³/mol. The van der Waals surface area contributed by atoms with Gasteiger partial charge in [0.1, 0.15) is 11.6 Å². The van der Waals surface area contributed by atoms with Crippen LogP contribution in [0.4, 0.5) is 4.79 Å². The highest BCUT2D eigenvalue weighted by Gasteiger charge is 2.42. The van der Waals surface area contributed by atoms with Crippen LogP contribution in [0.1, 0.15) is 53.0 Å². The lowest BCUT2D eigenvalue weighted by atomic mass is 10.00. The summed E-state index contributed by atoms with van der Waals surface area (Å²) in [6, 6.07) is 2.99. The van der Waals surface area contributed by atoms with Gasteiger partial charge in [0.2, 0.25) is 5.91 Å². The second-order valence-electron chi connectivity index (χ2n) is 10.5. The van der Waals surface area contributed by atoms with Crippen LogP contribution in [0.2, 0.25) is 0 Å². The van der Waals surface area contributed by atoms with Crippen molar-refractivity contribution in [2.45, 2.75) is 77.6 Å². The summed E-state index contributed by atoms with van der Waals surface area (Å²) >= 11 is 0. The maximum absolute atomic E-state index is 13.6. The first-order valence-electron chi connectivity index (χ1n) is 12.2. The Hall–Kier alpha value is -3.93. The third-order valence-corrected chi connectivity index (χ3v) is 5.57. The fraction of sp³-hybridized carbons (Fsp3) is 0.500. The third kappa shape index (κ3) is 8.30. The fourth-order valence-corrected chi connectivity index (χ4v) is 3.91. The smallest absolute Gasteiger partial charge is 0.417 e. The van der Waals surface area contributed by atoms with Crippen LogP contribution in [0.3, 0.4) is 0 Å². The van der Waals surface area contributed by atoms with E-state index in [1.807, 2.05) is 24.3 Å². The number of carbonyl (C=O) groups excluding carboxylic acids is 3. The second kappa shape index (κ2) is 12.5. The number of rotatable bonds is 11. The number of nitrogens with zero attached hydrogens (tertiary/aromatic N) is 1. The number of hydrogen-bond donors (Lipinski definition) is 5. The first-order valence-corrected chi connectivity index (χ1v) is 12.2. The van der Waals surface area contributed by atoms with Gasteiger partial charge in [0, 0.05) is 17.1 Å². The topological polar surface area (TPSA) is 192 Å². The lowest BCUT2D eigenvalue weighted by Crippen LogP contribution is -2.59. The molecule has 0 aliphatic heterocycles. The van der Waals surface area contributed by atoms with E-state index in [2.05, 4.69) is 10.3 Å². The summed E-state index contributed by atoms with van der Waals surface area (Å²) < 4.78 is 5.22. The van der Waals surface area contributed by atoms with Gasteiger partial charge in [-0.3, -0.25) is 14.4 Å². The molecule has 0 saturated carbocycles. The summed E-state index contributed by atoms with van der Waals surface area (Å²) in [6.07, 6.45) is -0.471. The number of para-hydroxylation sites is 1. The summed E-state index contributed by atoms with van der Waals surface area (Å²) in [5.74, 6) is -5.21. The molecule has 6 N–H and O–H groups in total. The number of hydrogen-bond acceptors (Lipinski definition) is 7. The summed E-state index contributed by atoms with van der Waals surface area (Å²) in [5, 5.41) is 22.3. The first-order chi connectivity index (χ1) is 17.6. The minimum atomic E-state index is -2.05. The van der Waals surface area contributed by atoms with Crippen molar-refractivity contribution >= 4 is 40.7 Å². The van der Waals surface area contributed by atoms with Crippen LogP contribution in [0, 0.1) is 5.92 Å². The number of aromatic nitrogens is 1. The number of fused-ring (bicyclic) bond motifs is 1. The lowest BCUT2D eigenvalue weighted by molar-refractivity contribution is -0.154. The van der Waals surface area contributed by atoms with E-state index in [9.17, 15) is 34.2 Å². The maximum Gasteiger partial charge on any atom is 0.417 e. The highest BCUT2D eigenvalue weighted by molar-refractivity contribution is 6.01. The van der Waals surface area contributed by atoms with Gasteiger partial charge in [0.25, 0.3) is 5.91 Å². The van der Waals surface area contributed by atoms with Crippen molar-refractivity contribution in [1.82, 2.24) is 15.2 Å². The van der Waals surface area contributed by atoms with E-state index >= 15 is 0 Å². The molecule has 3 amide bonds. The zero-order valence-corrected chi connectivity index (χ0v) is 22.2. The molecule has 0 spiro atoms. The number of carbonyl (C=O) groups is 5. The van der Waals surface area contributed by atoms with Crippen molar-refractivity contribution in [2.24, 2.45) is 11.7 Å². The van der Waals surface area contributed by atoms with Crippen LogP contribution >= 0.6 is 0 Å². The van der Waals surface area contributed by atoms with Crippen LogP contribution in [0.25, 0.3) is 10.9 Å². The average molecular weight is 533 g/mol. The first kappa shape index (κ1) is 30.3. The molecule has 0 unspecified atom stereocenters. The molecular formula is C26H36N4O8. The van der Waals surface area contributed by atoms with Gasteiger partial charge in [0.15, 0.2) is 6.04 Å². The largest absolute Gasteiger partial charge is 0.481 e. The van der Waals surface area contributed by atoms with E-state index in [1.54, 1.807) is 20.0 Å². The Morgan fingerprint density at radius 2 is 1.74 bits per heavy atom. The van der Waals surface area contributed by atoms with Crippen molar-refractivity contribution in [3.63, 3.8) is 0 Å². The van der Waals surface area contributed by atoms with Gasteiger partial charge in [-0.1, -0.05) is 32.0 Å². The quantitative estimate of drug-likeness (QED) is 0.289. The molecule has 208 valence electrons. The minimum Gasteiger partial charge on any atom is -0.481 e. The van der Waals surface area contributed by atoms with Crippen LogP contribution in [-0.4, -0.2) is 73.7 Å². The van der Waals surface area contributed by atoms with Crippen LogP contribution in [0.5, 0.6) is 0 Å². The van der Waals surface area contributed by atoms with Gasteiger partial charge < -0.3 is 31.0 Å². The van der Waals surface area contributed by atoms with Gasteiger partial charge in [-0.05, 0) is 51.2 Å². The number of aliphatic carboxylic acids is 2. The van der Waals surface area contributed by atoms with Crippen LogP contribution in [0.15, 0.2) is 30.5 Å². The number of nitrogens with one attached hydrogen (secondary N) is 2. The van der Waals surface area contributed by atoms with E-state index in [0.717, 1.165) is 16.5 Å². The third-order valence-electron chi connectivity index (χ3n) is 5.57. The molecule has 2 rings (SSSR count). The van der Waals surface area contributed by atoms with E-state index < -0.39 is 60.0 Å². The molecular weight excluding hydrogens is 496 g/mol. The molecule has 1 aromatic heterocycles. The molecule has 0 aliphatic carbocycles. The molecule has 3 atom stereocenters. The molecule has 0 aliphatic rings. The van der Waals surface area contributed by atoms with E-state index in [0.29, 0.717) is 0 Å². The summed E-state index contributed by atoms with van der Waals surface area (Å²) in [5.41, 5.74) is 6.71. The Morgan fingerprint density at radius 3 is 2.29 bits per heavy atom. The standard InChI is InChI=1S/C26H36N4O8/c1-14(2)10-19(29-22(33)17(27)11-15-13-28-18-9-7-6-8-16(15)18)23(34)30(25(37)38-26(3,4)5)20(24(35)36)12-21(31)32/h6-9,13-14,17,19-20,28H,10-12,27H2,1-5H3,(H,29,33)(H,31,32)(H,35,36)/t17-,19-,20-/m0/s1. The van der Waals surface area contributed by atoms with Crippen molar-refractivity contribution in [2.75, 3.05) is 0 Å². The number of carboxylic acids is 2. The Bertz CT molecular complexity index is 1180. The van der Waals surface area contributed by atoms with Crippen molar-refractivity contribution in [3.8, 4) is 0 Å². The molecule has 0 bridgehead atoms. The van der Waals surface area contributed by atoms with Gasteiger partial charge in [-0.25, -0.2) is 14.5 Å². The predicted octanol–water partition coefficient (Wildman–Crippen LogP) is 2.26. The summed E-state index contributed by atoms with van der Waals surface area (Å²) in [7, 11) is 0. The normalized spacial score (nSPS) is 14.0. The molecule has 12 heteroatoms. The van der Waals surface area contributed by atoms with Gasteiger partial charge in [-0.15, -0.1) is 0 Å². The molecule has 0 fully saturated rings. The second-order valence-corrected chi connectivity index (χ2v) is 10.5. The lowest BCUT2D eigenvalue weighted by Gasteiger charge is -2.32. The number of nitrogens with two attached hydrogens (primary N) is 1. The molecule has 1 aromatic carbocycles. The van der Waals surface area contributed by atoms with Crippen molar-refractivity contribution in [1.29, 1.82) is 0 Å². The number of benzene rings is 1. The van der Waals surface area contributed by atoms with E-state index in [1.165, 1.54) is 20.8 Å². The molecule has 1 heterocycles. The number of aromatic amines is 1. The Labute approximate surface area is 220 Å². The Kier molecular flexibility index (Phi) is 10.0. The van der Waals surface area contributed by atoms with Gasteiger partial charge in [0.05, 0.1) is 12.5 Å². The highest BCUT2D eigenvalue weighted by atomic mass is 16.6. The average Bonchev–Trinajstić information content (AvgIpc) is 3.19. The number of carboxylic acid groups (broad SMARTS) is 2. The monoisotopic (exact) mass is 532 g/mol. The number of imide groups is 1. The molecule has 0 saturated heterocycles. The molecule has 2 aromatic rings. The molecule has 38 heavy (non-hydrogen) atoms. The fourth-order valence-electron chi connectivity index (χ4n) is 3.91. The summed E-state index contributed by atoms with van der Waals surface area (Å²) in [4.78, 5) is 66.3. The van der Waals surface area contributed by atoms with Crippen molar-refractivity contribution in [3.05, 3.63) is 36.0 Å². The van der Waals surface area contributed by atoms with Gasteiger partial charge >= 0.3 is 18.0 Å². The zero-order chi connectivity index (χ0) is 28.8. The van der Waals surface area contributed by atoms with Crippen molar-refractivity contribution < 1.29 is 38.9 Å².